The minimum atomic E-state index is -3.30. The maximum Gasteiger partial charge on any atom is 0.243 e. The maximum absolute atomic E-state index is 12.1. The van der Waals surface area contributed by atoms with Gasteiger partial charge in [-0.25, -0.2) is 8.42 Å². The number of rotatable bonds is 3. The van der Waals surface area contributed by atoms with E-state index in [4.69, 9.17) is 0 Å². The lowest BCUT2D eigenvalue weighted by Crippen LogP contribution is -2.14. The summed E-state index contributed by atoms with van der Waals surface area (Å²) in [7, 11) is -3.30. The Morgan fingerprint density at radius 2 is 1.94 bits per heavy atom. The average Bonchev–Trinajstić information content (AvgIpc) is 2.98. The van der Waals surface area contributed by atoms with Crippen molar-refractivity contribution in [2.75, 3.05) is 6.54 Å². The van der Waals surface area contributed by atoms with Crippen molar-refractivity contribution in [3.63, 3.8) is 0 Å². The fourth-order valence-electron chi connectivity index (χ4n) is 1.64. The lowest BCUT2D eigenvalue weighted by Gasteiger charge is -2.06. The Hall–Kier alpha value is -1.13. The normalized spacial score (nSPS) is 24.1. The van der Waals surface area contributed by atoms with E-state index in [1.54, 1.807) is 12.1 Å². The minimum absolute atomic E-state index is 0.00805. The number of nitrogens with zero attached hydrogens (tertiary/aromatic N) is 1. The summed E-state index contributed by atoms with van der Waals surface area (Å²) in [6.07, 6.45) is 0. The van der Waals surface area contributed by atoms with Crippen molar-refractivity contribution in [3.8, 4) is 0 Å². The number of hydrogen-bond donors (Lipinski definition) is 0. The third-order valence-corrected chi connectivity index (χ3v) is 4.65. The van der Waals surface area contributed by atoms with Gasteiger partial charge in [0.05, 0.1) is 10.9 Å². The standard InChI is InChI=1S/C12H15NO2S/c1-9(2)12-8-13(12)16(14,15)11-6-4-10(3)5-7-11/h4-7,12H,1,8H2,2-3H3/t12-,13?/m1/s1. The van der Waals surface area contributed by atoms with Gasteiger partial charge in [0.15, 0.2) is 0 Å². The Balaban J connectivity index is 2.28. The van der Waals surface area contributed by atoms with Crippen molar-refractivity contribution >= 4 is 10.0 Å². The molecule has 1 saturated heterocycles. The Morgan fingerprint density at radius 3 is 2.38 bits per heavy atom. The second-order valence-corrected chi connectivity index (χ2v) is 6.14. The predicted molar refractivity (Wildman–Crippen MR) is 63.7 cm³/mol. The second kappa shape index (κ2) is 3.71. The summed E-state index contributed by atoms with van der Waals surface area (Å²) in [6, 6.07) is 6.92. The van der Waals surface area contributed by atoms with Gasteiger partial charge in [-0.15, -0.1) is 0 Å². The van der Waals surface area contributed by atoms with Crippen LogP contribution in [0.3, 0.4) is 0 Å². The molecule has 1 aliphatic rings. The maximum atomic E-state index is 12.1. The third-order valence-electron chi connectivity index (χ3n) is 2.76. The Labute approximate surface area is 96.4 Å². The van der Waals surface area contributed by atoms with E-state index in [0.717, 1.165) is 11.1 Å². The van der Waals surface area contributed by atoms with Crippen LogP contribution in [0.4, 0.5) is 0 Å². The fourth-order valence-corrected chi connectivity index (χ4v) is 3.24. The van der Waals surface area contributed by atoms with Gasteiger partial charge in [0.2, 0.25) is 10.0 Å². The molecular formula is C12H15NO2S. The fraction of sp³-hybridized carbons (Fsp3) is 0.333. The summed E-state index contributed by atoms with van der Waals surface area (Å²) in [5, 5.41) is 0. The molecule has 2 atom stereocenters. The molecular weight excluding hydrogens is 222 g/mol. The van der Waals surface area contributed by atoms with Gasteiger partial charge >= 0.3 is 0 Å². The quantitative estimate of drug-likeness (QED) is 0.595. The topological polar surface area (TPSA) is 37.1 Å². The first-order valence-electron chi connectivity index (χ1n) is 5.17. The van der Waals surface area contributed by atoms with Gasteiger partial charge in [-0.1, -0.05) is 29.8 Å². The summed E-state index contributed by atoms with van der Waals surface area (Å²) in [4.78, 5) is 0.363. The van der Waals surface area contributed by atoms with Crippen molar-refractivity contribution in [3.05, 3.63) is 42.0 Å². The molecule has 3 nitrogen and oxygen atoms in total. The van der Waals surface area contributed by atoms with E-state index < -0.39 is 10.0 Å². The van der Waals surface area contributed by atoms with Gasteiger partial charge in [0.25, 0.3) is 0 Å². The molecule has 86 valence electrons. The van der Waals surface area contributed by atoms with Crippen LogP contribution in [0.1, 0.15) is 12.5 Å². The van der Waals surface area contributed by atoms with Crippen LogP contribution in [0, 0.1) is 6.92 Å². The van der Waals surface area contributed by atoms with Crippen LogP contribution in [-0.2, 0) is 10.0 Å². The molecule has 0 radical (unpaired) electrons. The number of sulfonamides is 1. The zero-order chi connectivity index (χ0) is 11.9. The number of aryl methyl sites for hydroxylation is 1. The summed E-state index contributed by atoms with van der Waals surface area (Å²) >= 11 is 0. The van der Waals surface area contributed by atoms with E-state index in [9.17, 15) is 8.42 Å². The van der Waals surface area contributed by atoms with E-state index in [1.165, 1.54) is 4.31 Å². The number of benzene rings is 1. The molecule has 0 bridgehead atoms. The molecule has 1 heterocycles. The van der Waals surface area contributed by atoms with Gasteiger partial charge in [-0.2, -0.15) is 4.31 Å². The Bertz CT molecular complexity index is 516. The molecule has 4 heteroatoms. The van der Waals surface area contributed by atoms with Gasteiger partial charge in [-0.3, -0.25) is 0 Å². The van der Waals surface area contributed by atoms with Crippen LogP contribution in [0.15, 0.2) is 41.3 Å². The average molecular weight is 237 g/mol. The summed E-state index contributed by atoms with van der Waals surface area (Å²) in [5.74, 6) is 0. The first-order chi connectivity index (χ1) is 7.43. The largest absolute Gasteiger partial charge is 0.243 e. The van der Waals surface area contributed by atoms with Gasteiger partial charge in [-0.05, 0) is 26.0 Å². The molecule has 2 rings (SSSR count). The van der Waals surface area contributed by atoms with Crippen molar-refractivity contribution in [1.82, 2.24) is 4.31 Å². The number of hydrogen-bond acceptors (Lipinski definition) is 2. The summed E-state index contributed by atoms with van der Waals surface area (Å²) in [5.41, 5.74) is 1.96. The van der Waals surface area contributed by atoms with Gasteiger partial charge < -0.3 is 0 Å². The summed E-state index contributed by atoms with van der Waals surface area (Å²) < 4.78 is 25.7. The lowest BCUT2D eigenvalue weighted by molar-refractivity contribution is 0.557. The molecule has 0 amide bonds. The molecule has 0 spiro atoms. The highest BCUT2D eigenvalue weighted by atomic mass is 32.2. The minimum Gasteiger partial charge on any atom is -0.207 e. The van der Waals surface area contributed by atoms with Crippen LogP contribution < -0.4 is 0 Å². The molecule has 16 heavy (non-hydrogen) atoms. The van der Waals surface area contributed by atoms with Crippen LogP contribution in [0.2, 0.25) is 0 Å². The molecule has 0 aliphatic carbocycles. The molecule has 1 unspecified atom stereocenters. The molecule has 1 aliphatic heterocycles. The van der Waals surface area contributed by atoms with Crippen LogP contribution in [-0.4, -0.2) is 25.3 Å². The van der Waals surface area contributed by atoms with E-state index in [-0.39, 0.29) is 6.04 Å². The van der Waals surface area contributed by atoms with E-state index >= 15 is 0 Å². The zero-order valence-electron chi connectivity index (χ0n) is 9.47. The molecule has 0 saturated carbocycles. The van der Waals surface area contributed by atoms with Crippen LogP contribution in [0.5, 0.6) is 0 Å². The first kappa shape index (κ1) is 11.4. The third kappa shape index (κ3) is 1.90. The zero-order valence-corrected chi connectivity index (χ0v) is 10.3. The lowest BCUT2D eigenvalue weighted by atomic mass is 10.2. The van der Waals surface area contributed by atoms with E-state index in [1.807, 2.05) is 26.0 Å². The highest BCUT2D eigenvalue weighted by Gasteiger charge is 2.44. The Kier molecular flexibility index (Phi) is 2.64. The molecule has 1 aromatic carbocycles. The van der Waals surface area contributed by atoms with Crippen molar-refractivity contribution < 1.29 is 8.42 Å². The van der Waals surface area contributed by atoms with Crippen LogP contribution >= 0.6 is 0 Å². The van der Waals surface area contributed by atoms with Gasteiger partial charge in [0.1, 0.15) is 0 Å². The van der Waals surface area contributed by atoms with Crippen molar-refractivity contribution in [2.24, 2.45) is 0 Å². The molecule has 1 fully saturated rings. The van der Waals surface area contributed by atoms with E-state index in [0.29, 0.717) is 11.4 Å². The molecule has 0 N–H and O–H groups in total. The van der Waals surface area contributed by atoms with Crippen molar-refractivity contribution in [2.45, 2.75) is 24.8 Å². The van der Waals surface area contributed by atoms with Gasteiger partial charge in [0, 0.05) is 6.54 Å². The highest BCUT2D eigenvalue weighted by molar-refractivity contribution is 7.89. The molecule has 0 aromatic heterocycles. The SMILES string of the molecule is C=C(C)[C@H]1CN1S(=O)(=O)c1ccc(C)cc1. The second-order valence-electron chi connectivity index (χ2n) is 4.25. The Morgan fingerprint density at radius 1 is 1.38 bits per heavy atom. The molecule has 1 aromatic rings. The first-order valence-corrected chi connectivity index (χ1v) is 6.61. The van der Waals surface area contributed by atoms with Crippen LogP contribution in [0.25, 0.3) is 0 Å². The highest BCUT2D eigenvalue weighted by Crippen LogP contribution is 2.31. The van der Waals surface area contributed by atoms with Crippen molar-refractivity contribution in [1.29, 1.82) is 0 Å². The predicted octanol–water partition coefficient (Wildman–Crippen LogP) is 1.94. The monoisotopic (exact) mass is 237 g/mol. The smallest absolute Gasteiger partial charge is 0.207 e. The van der Waals surface area contributed by atoms with E-state index in [2.05, 4.69) is 6.58 Å². The summed E-state index contributed by atoms with van der Waals surface area (Å²) in [6.45, 7) is 8.14.